The first-order valence-electron chi connectivity index (χ1n) is 7.09. The van der Waals surface area contributed by atoms with Gasteiger partial charge in [-0.3, -0.25) is 14.4 Å². The van der Waals surface area contributed by atoms with Crippen LogP contribution in [0.2, 0.25) is 0 Å². The summed E-state index contributed by atoms with van der Waals surface area (Å²) >= 11 is 2.68. The highest BCUT2D eigenvalue weighted by atomic mass is 32.2. The van der Waals surface area contributed by atoms with E-state index in [1.807, 2.05) is 13.8 Å². The predicted octanol–water partition coefficient (Wildman–Crippen LogP) is 2.25. The van der Waals surface area contributed by atoms with E-state index in [1.165, 1.54) is 6.92 Å². The molecule has 0 N–H and O–H groups in total. The van der Waals surface area contributed by atoms with Crippen LogP contribution in [0, 0.1) is 5.92 Å². The molecule has 21 heavy (non-hydrogen) atoms. The molecular weight excluding hydrogens is 310 g/mol. The molecule has 0 aromatic carbocycles. The summed E-state index contributed by atoms with van der Waals surface area (Å²) < 4.78 is 4.50. The summed E-state index contributed by atoms with van der Waals surface area (Å²) in [6.07, 6.45) is 1.85. The number of hydrogen-bond donors (Lipinski definition) is 0. The Hall–Kier alpha value is -0.690. The number of hydrogen-bond acceptors (Lipinski definition) is 6. The maximum atomic E-state index is 12.4. The van der Waals surface area contributed by atoms with Crippen molar-refractivity contribution < 1.29 is 19.1 Å². The fraction of sp³-hybridized carbons (Fsp3) is 0.786. The van der Waals surface area contributed by atoms with Gasteiger partial charge in [-0.1, -0.05) is 13.3 Å². The van der Waals surface area contributed by atoms with Gasteiger partial charge in [0.1, 0.15) is 12.0 Å². The summed E-state index contributed by atoms with van der Waals surface area (Å²) in [6, 6.07) is -0.436. The van der Waals surface area contributed by atoms with Gasteiger partial charge < -0.3 is 9.64 Å². The highest BCUT2D eigenvalue weighted by Crippen LogP contribution is 2.55. The molecule has 2 heterocycles. The summed E-state index contributed by atoms with van der Waals surface area (Å²) in [7, 11) is 0. The van der Waals surface area contributed by atoms with Crippen molar-refractivity contribution in [3.8, 4) is 0 Å². The highest BCUT2D eigenvalue weighted by Gasteiger charge is 2.62. The van der Waals surface area contributed by atoms with Crippen molar-refractivity contribution in [2.45, 2.75) is 56.7 Å². The summed E-state index contributed by atoms with van der Waals surface area (Å²) in [6.45, 7) is 7.38. The molecule has 5 nitrogen and oxygen atoms in total. The molecule has 0 aromatic rings. The molecule has 1 amide bonds. The number of fused-ring (bicyclic) bond motifs is 1. The van der Waals surface area contributed by atoms with E-state index in [9.17, 15) is 14.4 Å². The number of rotatable bonds is 5. The third kappa shape index (κ3) is 3.08. The minimum atomic E-state index is -0.436. The lowest BCUT2D eigenvalue weighted by Gasteiger charge is -2.44. The lowest BCUT2D eigenvalue weighted by Crippen LogP contribution is -2.62. The van der Waals surface area contributed by atoms with Gasteiger partial charge in [0.05, 0.1) is 11.3 Å². The summed E-state index contributed by atoms with van der Waals surface area (Å²) in [5, 5.41) is 0.0234. The Morgan fingerprint density at radius 1 is 1.43 bits per heavy atom. The number of esters is 1. The first-order chi connectivity index (χ1) is 9.79. The molecule has 118 valence electrons. The lowest BCUT2D eigenvalue weighted by molar-refractivity contribution is -0.155. The number of β-lactam (4-membered cyclic amide) rings is 1. The predicted molar refractivity (Wildman–Crippen MR) is 83.7 cm³/mol. The van der Waals surface area contributed by atoms with E-state index in [1.54, 1.807) is 16.7 Å². The number of ether oxygens (including phenoxy) is 1. The molecule has 0 spiro atoms. The average Bonchev–Trinajstić information content (AvgIpc) is 2.64. The fourth-order valence-electron chi connectivity index (χ4n) is 2.90. The van der Waals surface area contributed by atoms with Crippen molar-refractivity contribution in [3.63, 3.8) is 0 Å². The third-order valence-corrected chi connectivity index (χ3v) is 6.21. The lowest BCUT2D eigenvalue weighted by atomic mass is 9.89. The van der Waals surface area contributed by atoms with Crippen LogP contribution in [0.5, 0.6) is 0 Å². The zero-order chi connectivity index (χ0) is 15.8. The zero-order valence-corrected chi connectivity index (χ0v) is 14.4. The van der Waals surface area contributed by atoms with Crippen molar-refractivity contribution in [1.82, 2.24) is 4.90 Å². The van der Waals surface area contributed by atoms with Crippen LogP contribution in [0.15, 0.2) is 0 Å². The van der Waals surface area contributed by atoms with E-state index in [4.69, 9.17) is 4.74 Å². The molecule has 0 radical (unpaired) electrons. The molecule has 2 fully saturated rings. The molecule has 0 unspecified atom stereocenters. The Balaban J connectivity index is 2.03. The van der Waals surface area contributed by atoms with Gasteiger partial charge in [-0.2, -0.15) is 0 Å². The first-order valence-corrected chi connectivity index (χ1v) is 8.96. The van der Waals surface area contributed by atoms with E-state index < -0.39 is 12.0 Å². The normalized spacial score (nSPS) is 29.8. The van der Waals surface area contributed by atoms with Crippen molar-refractivity contribution in [1.29, 1.82) is 0 Å². The molecule has 2 rings (SSSR count). The summed E-state index contributed by atoms with van der Waals surface area (Å²) in [5.74, 6) is -0.255. The molecule has 2 aliphatic heterocycles. The zero-order valence-electron chi connectivity index (χ0n) is 12.8. The smallest absolute Gasteiger partial charge is 0.303 e. The van der Waals surface area contributed by atoms with Crippen molar-refractivity contribution in [2.24, 2.45) is 5.92 Å². The number of carbonyl (C=O) groups excluding carboxylic acids is 3. The first kappa shape index (κ1) is 16.7. The van der Waals surface area contributed by atoms with Crippen molar-refractivity contribution in [3.05, 3.63) is 0 Å². The van der Waals surface area contributed by atoms with Gasteiger partial charge in [-0.25, -0.2) is 0 Å². The Labute approximate surface area is 133 Å². The number of carbonyl (C=O) groups is 3. The summed E-state index contributed by atoms with van der Waals surface area (Å²) in [4.78, 5) is 37.2. The van der Waals surface area contributed by atoms with Crippen LogP contribution in [0.3, 0.4) is 0 Å². The van der Waals surface area contributed by atoms with Gasteiger partial charge in [-0.15, -0.1) is 11.8 Å². The molecule has 7 heteroatoms. The van der Waals surface area contributed by atoms with E-state index in [2.05, 4.69) is 6.92 Å². The van der Waals surface area contributed by atoms with Gasteiger partial charge in [-0.05, 0) is 32.0 Å². The molecule has 0 bridgehead atoms. The Morgan fingerprint density at radius 3 is 2.67 bits per heavy atom. The molecular formula is C14H21NO4S2. The minimum Gasteiger partial charge on any atom is -0.454 e. The second-order valence-corrected chi connectivity index (χ2v) is 8.57. The highest BCUT2D eigenvalue weighted by molar-refractivity contribution is 8.13. The van der Waals surface area contributed by atoms with E-state index in [0.717, 1.165) is 24.6 Å². The average molecular weight is 331 g/mol. The molecule has 0 aromatic heterocycles. The Morgan fingerprint density at radius 2 is 2.10 bits per heavy atom. The van der Waals surface area contributed by atoms with Crippen LogP contribution in [-0.4, -0.2) is 44.0 Å². The maximum absolute atomic E-state index is 12.4. The molecule has 3 atom stereocenters. The van der Waals surface area contributed by atoms with Gasteiger partial charge in [0, 0.05) is 11.7 Å². The van der Waals surface area contributed by atoms with Gasteiger partial charge in [0.2, 0.25) is 11.0 Å². The summed E-state index contributed by atoms with van der Waals surface area (Å²) in [5.41, 5.74) is 0. The van der Waals surface area contributed by atoms with Gasteiger partial charge in [0.15, 0.2) is 0 Å². The standard InChI is InChI=1S/C14H21NO4S2/c1-5-6-9-11(17)15-10(14(3,4)21-12(9)15)13(18)20-7-19-8(2)16/h9-10,12H,5-7H2,1-4H3/t9-,10+,12-/m1/s1. The van der Waals surface area contributed by atoms with Crippen molar-refractivity contribution >= 4 is 40.5 Å². The van der Waals surface area contributed by atoms with Crippen LogP contribution in [0.1, 0.15) is 40.5 Å². The Kier molecular flexibility index (Phi) is 4.92. The van der Waals surface area contributed by atoms with E-state index >= 15 is 0 Å². The van der Waals surface area contributed by atoms with Crippen LogP contribution in [0.25, 0.3) is 0 Å². The Bertz CT molecular complexity index is 466. The third-order valence-electron chi connectivity index (χ3n) is 3.84. The number of amides is 1. The molecule has 0 aliphatic carbocycles. The topological polar surface area (TPSA) is 63.7 Å². The fourth-order valence-corrected chi connectivity index (χ4v) is 5.61. The second-order valence-electron chi connectivity index (χ2n) is 5.87. The second kappa shape index (κ2) is 6.20. The largest absolute Gasteiger partial charge is 0.454 e. The van der Waals surface area contributed by atoms with Crippen LogP contribution >= 0.6 is 23.5 Å². The van der Waals surface area contributed by atoms with Crippen LogP contribution < -0.4 is 0 Å². The van der Waals surface area contributed by atoms with Crippen LogP contribution in [0.4, 0.5) is 0 Å². The van der Waals surface area contributed by atoms with Crippen molar-refractivity contribution in [2.75, 3.05) is 5.94 Å². The quantitative estimate of drug-likeness (QED) is 0.437. The molecule has 2 saturated heterocycles. The van der Waals surface area contributed by atoms with E-state index in [0.29, 0.717) is 0 Å². The SMILES string of the molecule is CCC[C@@H]1C(=O)N2[C@@H]1SC(C)(C)[C@@H]2C(=O)SCOC(C)=O. The molecule has 2 aliphatic rings. The number of thioether (sulfide) groups is 2. The number of nitrogens with zero attached hydrogens (tertiary/aromatic N) is 1. The minimum absolute atomic E-state index is 0.0104. The maximum Gasteiger partial charge on any atom is 0.303 e. The van der Waals surface area contributed by atoms with Gasteiger partial charge >= 0.3 is 5.97 Å². The molecule has 0 saturated carbocycles. The van der Waals surface area contributed by atoms with Gasteiger partial charge in [0.25, 0.3) is 0 Å². The van der Waals surface area contributed by atoms with E-state index in [-0.39, 0.29) is 33.0 Å². The monoisotopic (exact) mass is 331 g/mol. The van der Waals surface area contributed by atoms with Crippen LogP contribution in [-0.2, 0) is 19.1 Å².